The minimum atomic E-state index is 0.293. The van der Waals surface area contributed by atoms with Gasteiger partial charge in [0.2, 0.25) is 0 Å². The fourth-order valence-corrected chi connectivity index (χ4v) is 4.10. The first-order chi connectivity index (χ1) is 11.9. The number of aliphatic imine (C=N–C) groups is 1. The van der Waals surface area contributed by atoms with Crippen molar-refractivity contribution in [2.75, 3.05) is 6.54 Å². The highest BCUT2D eigenvalue weighted by Gasteiger charge is 2.12. The van der Waals surface area contributed by atoms with E-state index >= 15 is 0 Å². The summed E-state index contributed by atoms with van der Waals surface area (Å²) in [6, 6.07) is 4.65. The van der Waals surface area contributed by atoms with Gasteiger partial charge in [-0.25, -0.2) is 0 Å². The van der Waals surface area contributed by atoms with Crippen molar-refractivity contribution < 1.29 is 0 Å². The Hall–Kier alpha value is -1.09. The van der Waals surface area contributed by atoms with E-state index in [9.17, 15) is 0 Å². The average molecular weight is 347 g/mol. The van der Waals surface area contributed by atoms with Crippen LogP contribution in [0.15, 0.2) is 35.2 Å². The number of hydrogen-bond donors (Lipinski definition) is 1. The van der Waals surface area contributed by atoms with Crippen LogP contribution in [-0.2, 0) is 0 Å². The average Bonchev–Trinajstić information content (AvgIpc) is 3.13. The van der Waals surface area contributed by atoms with Crippen LogP contribution < -0.4 is 5.32 Å². The molecule has 3 heteroatoms. The summed E-state index contributed by atoms with van der Waals surface area (Å²) in [7, 11) is 0. The van der Waals surface area contributed by atoms with E-state index in [1.807, 2.05) is 17.4 Å². The molecular formula is C21H34N2S. The van der Waals surface area contributed by atoms with Crippen LogP contribution in [0.25, 0.3) is 0 Å². The standard InChI is InChI=1S/C21H34N2S/c1-2-3-14-19(20-15-13-18-24-20)23-21-16-11-9-7-5-4-6-8-10-12-17-22-21/h2,13,15,18-19H,1,3-12,14,16-17H2,(H,22,23). The quantitative estimate of drug-likeness (QED) is 0.592. The maximum Gasteiger partial charge on any atom is 0.0971 e. The van der Waals surface area contributed by atoms with Gasteiger partial charge in [0.25, 0.3) is 0 Å². The zero-order valence-electron chi connectivity index (χ0n) is 15.1. The van der Waals surface area contributed by atoms with Crippen LogP contribution in [0, 0.1) is 0 Å². The zero-order chi connectivity index (χ0) is 16.9. The smallest absolute Gasteiger partial charge is 0.0971 e. The zero-order valence-corrected chi connectivity index (χ0v) is 16.0. The van der Waals surface area contributed by atoms with Gasteiger partial charge in [0.15, 0.2) is 0 Å². The molecule has 0 bridgehead atoms. The predicted molar refractivity (Wildman–Crippen MR) is 108 cm³/mol. The van der Waals surface area contributed by atoms with Gasteiger partial charge in [0.1, 0.15) is 0 Å². The second kappa shape index (κ2) is 12.3. The van der Waals surface area contributed by atoms with Crippen molar-refractivity contribution in [3.8, 4) is 0 Å². The molecule has 1 aromatic rings. The van der Waals surface area contributed by atoms with Gasteiger partial charge in [-0.05, 0) is 37.1 Å². The van der Waals surface area contributed by atoms with Crippen molar-refractivity contribution in [2.45, 2.75) is 83.1 Å². The fraction of sp³-hybridized carbons (Fsp3) is 0.667. The molecule has 1 unspecified atom stereocenters. The monoisotopic (exact) mass is 346 g/mol. The first kappa shape index (κ1) is 19.2. The number of hydrogen-bond acceptors (Lipinski definition) is 2. The van der Waals surface area contributed by atoms with Crippen molar-refractivity contribution in [3.63, 3.8) is 0 Å². The number of rotatable bonds is 5. The van der Waals surface area contributed by atoms with Crippen molar-refractivity contribution in [1.82, 2.24) is 5.32 Å². The highest BCUT2D eigenvalue weighted by Crippen LogP contribution is 2.27. The third-order valence-electron chi connectivity index (χ3n) is 4.75. The van der Waals surface area contributed by atoms with Crippen LogP contribution in [-0.4, -0.2) is 12.4 Å². The summed E-state index contributed by atoms with van der Waals surface area (Å²) in [5.74, 6) is 1.23. The van der Waals surface area contributed by atoms with E-state index in [4.69, 9.17) is 4.99 Å². The molecule has 1 aromatic heterocycles. The van der Waals surface area contributed by atoms with Crippen LogP contribution in [0.2, 0.25) is 0 Å². The maximum atomic E-state index is 5.14. The predicted octanol–water partition coefficient (Wildman–Crippen LogP) is 6.66. The summed E-state index contributed by atoms with van der Waals surface area (Å²) in [5.41, 5.74) is 0. The summed E-state index contributed by atoms with van der Waals surface area (Å²) in [6.45, 7) is 4.96. The van der Waals surface area contributed by atoms with Crippen molar-refractivity contribution in [1.29, 1.82) is 0 Å². The van der Waals surface area contributed by atoms with Gasteiger partial charge in [-0.15, -0.1) is 17.9 Å². The molecule has 24 heavy (non-hydrogen) atoms. The van der Waals surface area contributed by atoms with E-state index in [0.717, 1.165) is 25.8 Å². The molecule has 0 amide bonds. The Kier molecular flexibility index (Phi) is 9.86. The van der Waals surface area contributed by atoms with Gasteiger partial charge in [-0.2, -0.15) is 0 Å². The lowest BCUT2D eigenvalue weighted by Gasteiger charge is -2.15. The van der Waals surface area contributed by atoms with Gasteiger partial charge >= 0.3 is 0 Å². The Morgan fingerprint density at radius 3 is 2.46 bits per heavy atom. The van der Waals surface area contributed by atoms with Crippen LogP contribution in [0.4, 0.5) is 0 Å². The Morgan fingerprint density at radius 2 is 1.79 bits per heavy atom. The molecule has 0 saturated carbocycles. The minimum Gasteiger partial charge on any atom is -0.374 e. The summed E-state index contributed by atoms with van der Waals surface area (Å²) in [5, 5.41) is 5.82. The third-order valence-corrected chi connectivity index (χ3v) is 5.72. The third kappa shape index (κ3) is 7.65. The lowest BCUT2D eigenvalue weighted by molar-refractivity contribution is 0.566. The maximum absolute atomic E-state index is 5.14. The summed E-state index contributed by atoms with van der Waals surface area (Å²) in [6.07, 6.45) is 17.5. The van der Waals surface area contributed by atoms with Crippen LogP contribution in [0.1, 0.15) is 88.0 Å². The number of thiophene rings is 1. The normalized spacial score (nSPS) is 21.1. The Bertz CT molecular complexity index is 448. The molecular weight excluding hydrogens is 312 g/mol. The highest BCUT2D eigenvalue weighted by molar-refractivity contribution is 7.10. The van der Waals surface area contributed by atoms with Crippen LogP contribution in [0.5, 0.6) is 0 Å². The molecule has 2 rings (SSSR count). The number of nitrogens with one attached hydrogen (secondary N) is 1. The van der Waals surface area contributed by atoms with E-state index in [0.29, 0.717) is 6.04 Å². The Morgan fingerprint density at radius 1 is 1.08 bits per heavy atom. The van der Waals surface area contributed by atoms with Crippen LogP contribution in [0.3, 0.4) is 0 Å². The first-order valence-corrected chi connectivity index (χ1v) is 10.7. The van der Waals surface area contributed by atoms with Crippen LogP contribution >= 0.6 is 11.3 Å². The highest BCUT2D eigenvalue weighted by atomic mass is 32.1. The molecule has 1 atom stereocenters. The molecule has 1 aliphatic rings. The molecule has 1 fully saturated rings. The molecule has 0 spiro atoms. The van der Waals surface area contributed by atoms with E-state index in [1.54, 1.807) is 0 Å². The van der Waals surface area contributed by atoms with E-state index in [2.05, 4.69) is 29.4 Å². The lowest BCUT2D eigenvalue weighted by Crippen LogP contribution is -2.25. The topological polar surface area (TPSA) is 24.4 Å². The van der Waals surface area contributed by atoms with Gasteiger partial charge in [0, 0.05) is 17.8 Å². The largest absolute Gasteiger partial charge is 0.374 e. The number of nitrogens with zero attached hydrogens (tertiary/aromatic N) is 1. The lowest BCUT2D eigenvalue weighted by atomic mass is 10.1. The molecule has 1 N–H and O–H groups in total. The van der Waals surface area contributed by atoms with Gasteiger partial charge in [-0.1, -0.05) is 57.1 Å². The summed E-state index contributed by atoms with van der Waals surface area (Å²) in [4.78, 5) is 6.52. The van der Waals surface area contributed by atoms with Gasteiger partial charge < -0.3 is 5.32 Å². The molecule has 134 valence electrons. The number of allylic oxidation sites excluding steroid dienone is 1. The van der Waals surface area contributed by atoms with Gasteiger partial charge in [-0.3, -0.25) is 4.99 Å². The molecule has 0 radical (unpaired) electrons. The Balaban J connectivity index is 2.00. The molecule has 0 aliphatic carbocycles. The molecule has 2 nitrogen and oxygen atoms in total. The SMILES string of the molecule is C=CCCC(N=C1CCCCCCCCCCCN1)c1cccs1. The molecule has 1 saturated heterocycles. The molecule has 0 aromatic carbocycles. The van der Waals surface area contributed by atoms with E-state index in [1.165, 1.54) is 68.5 Å². The minimum absolute atomic E-state index is 0.293. The molecule has 2 heterocycles. The summed E-state index contributed by atoms with van der Waals surface area (Å²) < 4.78 is 0. The Labute approximate surface area is 152 Å². The van der Waals surface area contributed by atoms with E-state index in [-0.39, 0.29) is 0 Å². The van der Waals surface area contributed by atoms with Gasteiger partial charge in [0.05, 0.1) is 11.9 Å². The second-order valence-electron chi connectivity index (χ2n) is 6.83. The van der Waals surface area contributed by atoms with Crippen molar-refractivity contribution >= 4 is 17.2 Å². The molecule has 1 aliphatic heterocycles. The second-order valence-corrected chi connectivity index (χ2v) is 7.81. The first-order valence-electron chi connectivity index (χ1n) is 9.85. The number of amidine groups is 1. The van der Waals surface area contributed by atoms with Crippen molar-refractivity contribution in [3.05, 3.63) is 35.0 Å². The summed E-state index contributed by atoms with van der Waals surface area (Å²) >= 11 is 1.83. The fourth-order valence-electron chi connectivity index (χ4n) is 3.30. The van der Waals surface area contributed by atoms with E-state index < -0.39 is 0 Å². The van der Waals surface area contributed by atoms with Crippen molar-refractivity contribution in [2.24, 2.45) is 4.99 Å².